The lowest BCUT2D eigenvalue weighted by Crippen LogP contribution is -2.20. The number of H-pyrrole nitrogens is 1. The van der Waals surface area contributed by atoms with Gasteiger partial charge in [0.15, 0.2) is 11.4 Å². The average Bonchev–Trinajstić information content (AvgIpc) is 3.25. The predicted octanol–water partition coefficient (Wildman–Crippen LogP) is 2.12. The fourth-order valence-corrected chi connectivity index (χ4v) is 2.22. The van der Waals surface area contributed by atoms with E-state index in [4.69, 9.17) is 5.26 Å². The number of benzene rings is 1. The predicted molar refractivity (Wildman–Crippen MR) is 80.2 cm³/mol. The van der Waals surface area contributed by atoms with Crippen molar-refractivity contribution in [1.82, 2.24) is 9.97 Å². The molecule has 1 aromatic carbocycles. The summed E-state index contributed by atoms with van der Waals surface area (Å²) in [5.41, 5.74) is 1.96. The highest BCUT2D eigenvalue weighted by Gasteiger charge is 2.24. The Morgan fingerprint density at radius 1 is 1.43 bits per heavy atom. The first-order chi connectivity index (χ1) is 10.2. The van der Waals surface area contributed by atoms with E-state index >= 15 is 0 Å². The Balaban J connectivity index is 1.96. The molecule has 0 unspecified atom stereocenters. The Hall–Kier alpha value is -2.61. The Morgan fingerprint density at radius 2 is 2.19 bits per heavy atom. The Kier molecular flexibility index (Phi) is 3.44. The van der Waals surface area contributed by atoms with Gasteiger partial charge < -0.3 is 10.3 Å². The Morgan fingerprint density at radius 3 is 2.86 bits per heavy atom. The van der Waals surface area contributed by atoms with Gasteiger partial charge in [-0.2, -0.15) is 5.26 Å². The van der Waals surface area contributed by atoms with E-state index in [1.807, 2.05) is 37.3 Å². The van der Waals surface area contributed by atoms with Crippen molar-refractivity contribution in [2.24, 2.45) is 0 Å². The SMILES string of the molecule is Cc1ccccc1Cc1nc(NC2CC2)c(C#N)c(=O)[nH]1. The van der Waals surface area contributed by atoms with Gasteiger partial charge in [-0.1, -0.05) is 24.3 Å². The zero-order valence-corrected chi connectivity index (χ0v) is 11.8. The first kappa shape index (κ1) is 13.4. The van der Waals surface area contributed by atoms with Gasteiger partial charge in [0.05, 0.1) is 0 Å². The number of aromatic nitrogens is 2. The molecule has 106 valence electrons. The van der Waals surface area contributed by atoms with Crippen LogP contribution in [0, 0.1) is 18.3 Å². The maximum absolute atomic E-state index is 12.0. The van der Waals surface area contributed by atoms with Crippen molar-refractivity contribution in [3.63, 3.8) is 0 Å². The summed E-state index contributed by atoms with van der Waals surface area (Å²) in [7, 11) is 0. The molecule has 1 fully saturated rings. The van der Waals surface area contributed by atoms with Crippen LogP contribution < -0.4 is 10.9 Å². The van der Waals surface area contributed by atoms with Gasteiger partial charge >= 0.3 is 0 Å². The van der Waals surface area contributed by atoms with Gasteiger partial charge in [0.25, 0.3) is 5.56 Å². The maximum Gasteiger partial charge on any atom is 0.271 e. The van der Waals surface area contributed by atoms with E-state index in [1.54, 1.807) is 0 Å². The van der Waals surface area contributed by atoms with E-state index in [0.717, 1.165) is 24.0 Å². The molecule has 1 heterocycles. The van der Waals surface area contributed by atoms with E-state index in [0.29, 0.717) is 24.1 Å². The van der Waals surface area contributed by atoms with Crippen molar-refractivity contribution in [3.05, 3.63) is 57.1 Å². The van der Waals surface area contributed by atoms with Crippen LogP contribution in [-0.2, 0) is 6.42 Å². The molecule has 0 spiro atoms. The highest BCUT2D eigenvalue weighted by atomic mass is 16.1. The van der Waals surface area contributed by atoms with Gasteiger partial charge in [-0.05, 0) is 30.9 Å². The number of hydrogen-bond donors (Lipinski definition) is 2. The van der Waals surface area contributed by atoms with Gasteiger partial charge in [0.1, 0.15) is 11.9 Å². The van der Waals surface area contributed by atoms with Crippen molar-refractivity contribution in [2.45, 2.75) is 32.2 Å². The summed E-state index contributed by atoms with van der Waals surface area (Å²) in [5, 5.41) is 12.3. The van der Waals surface area contributed by atoms with E-state index in [9.17, 15) is 4.79 Å². The van der Waals surface area contributed by atoms with Crippen LogP contribution in [0.25, 0.3) is 0 Å². The minimum absolute atomic E-state index is 0.0652. The molecule has 0 amide bonds. The lowest BCUT2D eigenvalue weighted by atomic mass is 10.1. The third-order valence-electron chi connectivity index (χ3n) is 3.62. The molecule has 1 aliphatic rings. The molecule has 5 nitrogen and oxygen atoms in total. The van der Waals surface area contributed by atoms with Gasteiger partial charge in [-0.25, -0.2) is 4.98 Å². The molecule has 21 heavy (non-hydrogen) atoms. The summed E-state index contributed by atoms with van der Waals surface area (Å²) < 4.78 is 0. The first-order valence-corrected chi connectivity index (χ1v) is 7.01. The molecule has 0 saturated heterocycles. The summed E-state index contributed by atoms with van der Waals surface area (Å²) in [4.78, 5) is 19.2. The number of aryl methyl sites for hydroxylation is 1. The van der Waals surface area contributed by atoms with Crippen LogP contribution in [0.15, 0.2) is 29.1 Å². The quantitative estimate of drug-likeness (QED) is 0.898. The van der Waals surface area contributed by atoms with Gasteiger partial charge in [0.2, 0.25) is 0 Å². The van der Waals surface area contributed by atoms with E-state index in [2.05, 4.69) is 15.3 Å². The van der Waals surface area contributed by atoms with Crippen LogP contribution in [0.4, 0.5) is 5.82 Å². The Labute approximate surface area is 122 Å². The third kappa shape index (κ3) is 2.95. The lowest BCUT2D eigenvalue weighted by Gasteiger charge is -2.09. The molecule has 5 heteroatoms. The van der Waals surface area contributed by atoms with Crippen molar-refractivity contribution in [3.8, 4) is 6.07 Å². The second-order valence-corrected chi connectivity index (χ2v) is 5.37. The molecule has 2 N–H and O–H groups in total. The van der Waals surface area contributed by atoms with Crippen LogP contribution in [-0.4, -0.2) is 16.0 Å². The van der Waals surface area contributed by atoms with Crippen molar-refractivity contribution in [1.29, 1.82) is 5.26 Å². The van der Waals surface area contributed by atoms with E-state index < -0.39 is 0 Å². The van der Waals surface area contributed by atoms with Gasteiger partial charge in [0, 0.05) is 12.5 Å². The maximum atomic E-state index is 12.0. The van der Waals surface area contributed by atoms with Gasteiger partial charge in [-0.15, -0.1) is 0 Å². The third-order valence-corrected chi connectivity index (χ3v) is 3.62. The fourth-order valence-electron chi connectivity index (χ4n) is 2.22. The molecule has 1 aliphatic carbocycles. The van der Waals surface area contributed by atoms with Crippen LogP contribution in [0.1, 0.15) is 35.4 Å². The highest BCUT2D eigenvalue weighted by Crippen LogP contribution is 2.24. The minimum atomic E-state index is -0.376. The van der Waals surface area contributed by atoms with Gasteiger partial charge in [-0.3, -0.25) is 4.79 Å². The molecule has 0 bridgehead atoms. The molecular weight excluding hydrogens is 264 g/mol. The largest absolute Gasteiger partial charge is 0.366 e. The standard InChI is InChI=1S/C16H16N4O/c1-10-4-2-3-5-11(10)8-14-19-15(18-12-6-7-12)13(9-17)16(21)20-14/h2-5,12H,6-8H2,1H3,(H2,18,19,20,21). The monoisotopic (exact) mass is 280 g/mol. The number of aromatic amines is 1. The summed E-state index contributed by atoms with van der Waals surface area (Å²) in [5.74, 6) is 0.990. The molecule has 0 atom stereocenters. The molecule has 0 radical (unpaired) electrons. The molecule has 3 rings (SSSR count). The van der Waals surface area contributed by atoms with E-state index in [1.165, 1.54) is 0 Å². The van der Waals surface area contributed by atoms with Crippen LogP contribution >= 0.6 is 0 Å². The van der Waals surface area contributed by atoms with Crippen molar-refractivity contribution in [2.75, 3.05) is 5.32 Å². The second kappa shape index (κ2) is 5.41. The number of nitrogens with one attached hydrogen (secondary N) is 2. The number of hydrogen-bond acceptors (Lipinski definition) is 4. The summed E-state index contributed by atoms with van der Waals surface area (Å²) in [6.45, 7) is 2.03. The summed E-state index contributed by atoms with van der Waals surface area (Å²) in [6.07, 6.45) is 2.67. The topological polar surface area (TPSA) is 81.6 Å². The number of nitriles is 1. The van der Waals surface area contributed by atoms with Crippen molar-refractivity contribution < 1.29 is 0 Å². The minimum Gasteiger partial charge on any atom is -0.366 e. The van der Waals surface area contributed by atoms with E-state index in [-0.39, 0.29) is 11.1 Å². The van der Waals surface area contributed by atoms with Crippen molar-refractivity contribution >= 4 is 5.82 Å². The summed E-state index contributed by atoms with van der Waals surface area (Å²) in [6, 6.07) is 10.3. The van der Waals surface area contributed by atoms with Crippen LogP contribution in [0.5, 0.6) is 0 Å². The smallest absolute Gasteiger partial charge is 0.271 e. The summed E-state index contributed by atoms with van der Waals surface area (Å²) >= 11 is 0. The molecule has 1 aromatic heterocycles. The lowest BCUT2D eigenvalue weighted by molar-refractivity contribution is 0.926. The highest BCUT2D eigenvalue weighted by molar-refractivity contribution is 5.52. The Bertz CT molecular complexity index is 769. The fraction of sp³-hybridized carbons (Fsp3) is 0.312. The molecule has 0 aliphatic heterocycles. The first-order valence-electron chi connectivity index (χ1n) is 7.01. The number of nitrogens with zero attached hydrogens (tertiary/aromatic N) is 2. The molecule has 2 aromatic rings. The van der Waals surface area contributed by atoms with Crippen LogP contribution in [0.3, 0.4) is 0 Å². The second-order valence-electron chi connectivity index (χ2n) is 5.37. The molecular formula is C16H16N4O. The average molecular weight is 280 g/mol. The zero-order chi connectivity index (χ0) is 14.8. The zero-order valence-electron chi connectivity index (χ0n) is 11.8. The normalized spacial score (nSPS) is 13.7. The number of rotatable bonds is 4. The molecule has 1 saturated carbocycles. The van der Waals surface area contributed by atoms with Crippen LogP contribution in [0.2, 0.25) is 0 Å². The number of anilines is 1.